The van der Waals surface area contributed by atoms with Gasteiger partial charge in [0.25, 0.3) is 17.4 Å². The van der Waals surface area contributed by atoms with E-state index in [-0.39, 0.29) is 30.3 Å². The maximum absolute atomic E-state index is 13.5. The zero-order valence-corrected chi connectivity index (χ0v) is 20.3. The molecule has 37 heavy (non-hydrogen) atoms. The SMILES string of the molecule is COc1ccc(-n2c(CCN3C(=O)c4cccc(OCC5CC5)c4C3=O)nc3ccccc3c2=O)cc1. The molecular weight excluding hydrogens is 470 g/mol. The van der Waals surface area contributed by atoms with Gasteiger partial charge in [0.1, 0.15) is 17.3 Å². The molecule has 1 aromatic heterocycles. The third kappa shape index (κ3) is 4.14. The molecule has 0 unspecified atom stereocenters. The van der Waals surface area contributed by atoms with Crippen LogP contribution in [0.3, 0.4) is 0 Å². The molecule has 0 spiro atoms. The lowest BCUT2D eigenvalue weighted by molar-refractivity contribution is 0.0654. The summed E-state index contributed by atoms with van der Waals surface area (Å²) in [5, 5.41) is 0.486. The molecule has 4 aromatic rings. The molecular formula is C29H25N3O5. The number of ether oxygens (including phenoxy) is 2. The van der Waals surface area contributed by atoms with Crippen LogP contribution in [0.25, 0.3) is 16.6 Å². The van der Waals surface area contributed by atoms with Crippen LogP contribution in [0.2, 0.25) is 0 Å². The van der Waals surface area contributed by atoms with Gasteiger partial charge >= 0.3 is 0 Å². The molecule has 0 radical (unpaired) electrons. The summed E-state index contributed by atoms with van der Waals surface area (Å²) in [7, 11) is 1.58. The Bertz CT molecular complexity index is 1590. The Morgan fingerprint density at radius 2 is 1.70 bits per heavy atom. The fourth-order valence-corrected chi connectivity index (χ4v) is 4.67. The van der Waals surface area contributed by atoms with Crippen LogP contribution in [0.15, 0.2) is 71.5 Å². The first-order chi connectivity index (χ1) is 18.0. The van der Waals surface area contributed by atoms with Crippen LogP contribution in [0, 0.1) is 5.92 Å². The zero-order valence-electron chi connectivity index (χ0n) is 20.3. The molecule has 0 atom stereocenters. The van der Waals surface area contributed by atoms with Crippen LogP contribution in [0.1, 0.15) is 39.4 Å². The maximum atomic E-state index is 13.5. The van der Waals surface area contributed by atoms with Gasteiger partial charge < -0.3 is 9.47 Å². The number of benzene rings is 3. The molecule has 8 nitrogen and oxygen atoms in total. The van der Waals surface area contributed by atoms with Gasteiger partial charge in [0.05, 0.1) is 41.4 Å². The highest BCUT2D eigenvalue weighted by atomic mass is 16.5. The number of hydrogen-bond donors (Lipinski definition) is 0. The third-order valence-electron chi connectivity index (χ3n) is 6.87. The van der Waals surface area contributed by atoms with Gasteiger partial charge in [-0.05, 0) is 67.3 Å². The van der Waals surface area contributed by atoms with Crippen molar-refractivity contribution in [2.45, 2.75) is 19.3 Å². The average Bonchev–Trinajstić information content (AvgIpc) is 3.72. The van der Waals surface area contributed by atoms with Crippen molar-refractivity contribution in [3.05, 3.63) is 94.0 Å². The lowest BCUT2D eigenvalue weighted by Gasteiger charge is -2.17. The van der Waals surface area contributed by atoms with Gasteiger partial charge in [0.15, 0.2) is 0 Å². The van der Waals surface area contributed by atoms with Crippen LogP contribution in [-0.2, 0) is 6.42 Å². The summed E-state index contributed by atoms with van der Waals surface area (Å²) in [6, 6.07) is 19.4. The minimum atomic E-state index is -0.384. The fraction of sp³-hybridized carbons (Fsp3) is 0.241. The van der Waals surface area contributed by atoms with E-state index in [0.29, 0.717) is 57.6 Å². The second-order valence-electron chi connectivity index (χ2n) is 9.33. The summed E-state index contributed by atoms with van der Waals surface area (Å²) in [4.78, 5) is 46.0. The highest BCUT2D eigenvalue weighted by molar-refractivity contribution is 6.22. The first-order valence-electron chi connectivity index (χ1n) is 12.3. The average molecular weight is 496 g/mol. The molecule has 6 rings (SSSR count). The predicted molar refractivity (Wildman–Crippen MR) is 138 cm³/mol. The molecule has 2 heterocycles. The van der Waals surface area contributed by atoms with Crippen molar-refractivity contribution in [2.24, 2.45) is 5.92 Å². The minimum Gasteiger partial charge on any atom is -0.497 e. The lowest BCUT2D eigenvalue weighted by Crippen LogP contribution is -2.33. The van der Waals surface area contributed by atoms with Gasteiger partial charge in [-0.3, -0.25) is 23.9 Å². The number of rotatable bonds is 8. The zero-order chi connectivity index (χ0) is 25.5. The van der Waals surface area contributed by atoms with Crippen molar-refractivity contribution < 1.29 is 19.1 Å². The van der Waals surface area contributed by atoms with Gasteiger partial charge in [-0.25, -0.2) is 4.98 Å². The summed E-state index contributed by atoms with van der Waals surface area (Å²) in [6.45, 7) is 0.627. The van der Waals surface area contributed by atoms with Gasteiger partial charge in [0, 0.05) is 13.0 Å². The molecule has 0 saturated heterocycles. The summed E-state index contributed by atoms with van der Waals surface area (Å²) < 4.78 is 12.7. The van der Waals surface area contributed by atoms with Crippen LogP contribution >= 0.6 is 0 Å². The minimum absolute atomic E-state index is 0.0787. The van der Waals surface area contributed by atoms with E-state index in [1.54, 1.807) is 67.8 Å². The van der Waals surface area contributed by atoms with Crippen molar-refractivity contribution in [3.63, 3.8) is 0 Å². The van der Waals surface area contributed by atoms with Crippen LogP contribution in [0.5, 0.6) is 11.5 Å². The molecule has 1 aliphatic heterocycles. The van der Waals surface area contributed by atoms with Crippen molar-refractivity contribution >= 4 is 22.7 Å². The van der Waals surface area contributed by atoms with E-state index in [1.807, 2.05) is 6.07 Å². The van der Waals surface area contributed by atoms with E-state index in [2.05, 4.69) is 0 Å². The second kappa shape index (κ2) is 9.20. The summed E-state index contributed by atoms with van der Waals surface area (Å²) in [6.07, 6.45) is 2.46. The van der Waals surface area contributed by atoms with E-state index in [4.69, 9.17) is 14.5 Å². The molecule has 1 aliphatic carbocycles. The van der Waals surface area contributed by atoms with Crippen LogP contribution in [-0.4, -0.2) is 46.5 Å². The van der Waals surface area contributed by atoms with Crippen LogP contribution in [0.4, 0.5) is 0 Å². The number of hydrogen-bond acceptors (Lipinski definition) is 6. The number of carbonyl (C=O) groups is 2. The smallest absolute Gasteiger partial charge is 0.265 e. The van der Waals surface area contributed by atoms with E-state index < -0.39 is 0 Å². The van der Waals surface area contributed by atoms with Gasteiger partial charge in [-0.2, -0.15) is 0 Å². The molecule has 186 valence electrons. The van der Waals surface area contributed by atoms with E-state index in [0.717, 1.165) is 12.8 Å². The number of para-hydroxylation sites is 1. The van der Waals surface area contributed by atoms with E-state index in [9.17, 15) is 14.4 Å². The molecule has 3 aromatic carbocycles. The first kappa shape index (κ1) is 23.0. The van der Waals surface area contributed by atoms with Crippen molar-refractivity contribution in [1.29, 1.82) is 0 Å². The highest BCUT2D eigenvalue weighted by Gasteiger charge is 2.38. The molecule has 1 saturated carbocycles. The number of amides is 2. The van der Waals surface area contributed by atoms with Crippen molar-refractivity contribution in [3.8, 4) is 17.2 Å². The number of nitrogens with zero attached hydrogens (tertiary/aromatic N) is 3. The standard InChI is InChI=1S/C29H25N3O5/c1-36-20-13-11-19(12-14-20)32-25(30-23-7-3-2-5-21(23)28(32)34)15-16-31-27(33)22-6-4-8-24(26(22)29(31)35)37-17-18-9-10-18/h2-8,11-14,18H,9-10,15-17H2,1H3. The Kier molecular flexibility index (Phi) is 5.71. The maximum Gasteiger partial charge on any atom is 0.265 e. The lowest BCUT2D eigenvalue weighted by atomic mass is 10.1. The molecule has 2 aliphatic rings. The monoisotopic (exact) mass is 495 g/mol. The van der Waals surface area contributed by atoms with Crippen molar-refractivity contribution in [1.82, 2.24) is 14.5 Å². The molecule has 1 fully saturated rings. The van der Waals surface area contributed by atoms with Gasteiger partial charge in [0.2, 0.25) is 0 Å². The number of carbonyl (C=O) groups excluding carboxylic acids is 2. The third-order valence-corrected chi connectivity index (χ3v) is 6.87. The normalized spacial score (nSPS) is 14.8. The number of imide groups is 1. The number of methoxy groups -OCH3 is 1. The van der Waals surface area contributed by atoms with Crippen LogP contribution < -0.4 is 15.0 Å². The van der Waals surface area contributed by atoms with E-state index >= 15 is 0 Å². The molecule has 0 N–H and O–H groups in total. The summed E-state index contributed by atoms with van der Waals surface area (Å²) >= 11 is 0. The second-order valence-corrected chi connectivity index (χ2v) is 9.33. The predicted octanol–water partition coefficient (Wildman–Crippen LogP) is 4.02. The summed E-state index contributed by atoms with van der Waals surface area (Å²) in [5.74, 6) is 1.34. The van der Waals surface area contributed by atoms with Crippen molar-refractivity contribution in [2.75, 3.05) is 20.3 Å². The number of aromatic nitrogens is 2. The molecule has 8 heteroatoms. The Balaban J connectivity index is 1.33. The Morgan fingerprint density at radius 3 is 2.46 bits per heavy atom. The Hall–Kier alpha value is -4.46. The Morgan fingerprint density at radius 1 is 0.919 bits per heavy atom. The topological polar surface area (TPSA) is 90.7 Å². The quantitative estimate of drug-likeness (QED) is 0.343. The highest BCUT2D eigenvalue weighted by Crippen LogP contribution is 2.34. The largest absolute Gasteiger partial charge is 0.497 e. The molecule has 0 bridgehead atoms. The Labute approximate surface area is 213 Å². The van der Waals surface area contributed by atoms with Gasteiger partial charge in [-0.1, -0.05) is 18.2 Å². The number of fused-ring (bicyclic) bond motifs is 2. The fourth-order valence-electron chi connectivity index (χ4n) is 4.67. The first-order valence-corrected chi connectivity index (χ1v) is 12.3. The molecule has 2 amide bonds. The van der Waals surface area contributed by atoms with E-state index in [1.165, 1.54) is 9.47 Å². The van der Waals surface area contributed by atoms with Gasteiger partial charge in [-0.15, -0.1) is 0 Å². The summed E-state index contributed by atoms with van der Waals surface area (Å²) in [5.41, 5.74) is 1.62.